The topological polar surface area (TPSA) is 67.2 Å². The monoisotopic (exact) mass is 207 g/mol. The molecule has 0 fully saturated rings. The molecule has 1 aromatic carbocycles. The van der Waals surface area contributed by atoms with Crippen molar-refractivity contribution in [1.82, 2.24) is 0 Å². The van der Waals surface area contributed by atoms with E-state index < -0.39 is 0 Å². The Morgan fingerprint density at radius 1 is 1.27 bits per heavy atom. The molecule has 0 aliphatic carbocycles. The van der Waals surface area contributed by atoms with Gasteiger partial charge in [-0.15, -0.1) is 0 Å². The molecule has 80 valence electrons. The Labute approximate surface area is 88.3 Å². The van der Waals surface area contributed by atoms with Gasteiger partial charge in [0, 0.05) is 30.7 Å². The van der Waals surface area contributed by atoms with Gasteiger partial charge in [0.1, 0.15) is 5.75 Å². The molecule has 0 aliphatic heterocycles. The third kappa shape index (κ3) is 4.35. The van der Waals surface area contributed by atoms with Crippen LogP contribution in [0.15, 0.2) is 29.4 Å². The van der Waals surface area contributed by atoms with Crippen molar-refractivity contribution in [3.8, 4) is 5.75 Å². The van der Waals surface area contributed by atoms with Crippen LogP contribution in [0.4, 0.5) is 5.69 Å². The number of nitrogens with zero attached hydrogens (tertiary/aromatic N) is 3. The van der Waals surface area contributed by atoms with Gasteiger partial charge in [-0.1, -0.05) is 5.11 Å². The van der Waals surface area contributed by atoms with Crippen LogP contribution < -0.4 is 4.74 Å². The van der Waals surface area contributed by atoms with Gasteiger partial charge in [0.15, 0.2) is 0 Å². The van der Waals surface area contributed by atoms with Crippen molar-refractivity contribution in [2.45, 2.75) is 6.42 Å². The number of benzene rings is 1. The third-order valence-corrected chi connectivity index (χ3v) is 1.76. The van der Waals surface area contributed by atoms with Crippen LogP contribution in [-0.4, -0.2) is 20.3 Å². The van der Waals surface area contributed by atoms with E-state index in [1.807, 2.05) is 0 Å². The standard InChI is InChI=1S/C10H13N3O2/c1-14-7-2-8-15-10-5-3-9(4-6-10)12-13-11/h3-6H,2,7-8H2,1H3. The van der Waals surface area contributed by atoms with Gasteiger partial charge in [0.25, 0.3) is 0 Å². The predicted octanol–water partition coefficient (Wildman–Crippen LogP) is 3.04. The van der Waals surface area contributed by atoms with Crippen LogP contribution in [-0.2, 0) is 4.74 Å². The van der Waals surface area contributed by atoms with Gasteiger partial charge in [0.2, 0.25) is 0 Å². The normalized spacial score (nSPS) is 9.40. The van der Waals surface area contributed by atoms with E-state index in [0.717, 1.165) is 12.2 Å². The van der Waals surface area contributed by atoms with Crippen molar-refractivity contribution in [3.05, 3.63) is 34.7 Å². The Kier molecular flexibility index (Phi) is 5.08. The zero-order valence-corrected chi connectivity index (χ0v) is 8.59. The second-order valence-electron chi connectivity index (χ2n) is 2.88. The maximum Gasteiger partial charge on any atom is 0.119 e. The van der Waals surface area contributed by atoms with Crippen molar-refractivity contribution < 1.29 is 9.47 Å². The fourth-order valence-corrected chi connectivity index (χ4v) is 1.05. The first kappa shape index (κ1) is 11.4. The van der Waals surface area contributed by atoms with Crippen molar-refractivity contribution in [3.63, 3.8) is 0 Å². The lowest BCUT2D eigenvalue weighted by atomic mass is 10.3. The van der Waals surface area contributed by atoms with Gasteiger partial charge in [-0.05, 0) is 29.8 Å². The molecule has 5 nitrogen and oxygen atoms in total. The molecule has 0 unspecified atom stereocenters. The minimum absolute atomic E-state index is 0.585. The van der Waals surface area contributed by atoms with Crippen molar-refractivity contribution >= 4 is 5.69 Å². The molecule has 1 aromatic rings. The quantitative estimate of drug-likeness (QED) is 0.311. The number of azide groups is 1. The summed E-state index contributed by atoms with van der Waals surface area (Å²) in [6.45, 7) is 1.31. The Hall–Kier alpha value is -1.71. The molecule has 1 rings (SSSR count). The molecule has 0 saturated carbocycles. The SMILES string of the molecule is COCCCOc1ccc(N=[N+]=[N-])cc1. The average molecular weight is 207 g/mol. The Balaban J connectivity index is 2.39. The lowest BCUT2D eigenvalue weighted by Gasteiger charge is -2.05. The fraction of sp³-hybridized carbons (Fsp3) is 0.400. The van der Waals surface area contributed by atoms with Gasteiger partial charge in [0.05, 0.1) is 6.61 Å². The van der Waals surface area contributed by atoms with Gasteiger partial charge in [-0.2, -0.15) is 0 Å². The van der Waals surface area contributed by atoms with E-state index in [9.17, 15) is 0 Å². The van der Waals surface area contributed by atoms with E-state index in [1.165, 1.54) is 0 Å². The molecule has 0 amide bonds. The highest BCUT2D eigenvalue weighted by atomic mass is 16.5. The molecule has 0 radical (unpaired) electrons. The van der Waals surface area contributed by atoms with Crippen LogP contribution in [0.2, 0.25) is 0 Å². The van der Waals surface area contributed by atoms with Crippen LogP contribution >= 0.6 is 0 Å². The summed E-state index contributed by atoms with van der Waals surface area (Å²) in [5, 5.41) is 3.46. The van der Waals surface area contributed by atoms with Crippen LogP contribution in [0.3, 0.4) is 0 Å². The van der Waals surface area contributed by atoms with E-state index in [4.69, 9.17) is 15.0 Å². The molecular weight excluding hydrogens is 194 g/mol. The summed E-state index contributed by atoms with van der Waals surface area (Å²) in [5.74, 6) is 0.767. The van der Waals surface area contributed by atoms with Crippen LogP contribution in [0.1, 0.15) is 6.42 Å². The van der Waals surface area contributed by atoms with Gasteiger partial charge < -0.3 is 9.47 Å². The highest BCUT2D eigenvalue weighted by Gasteiger charge is 1.93. The summed E-state index contributed by atoms with van der Waals surface area (Å²) in [7, 11) is 1.66. The first-order valence-corrected chi connectivity index (χ1v) is 4.63. The molecule has 0 bridgehead atoms. The highest BCUT2D eigenvalue weighted by molar-refractivity contribution is 5.40. The van der Waals surface area contributed by atoms with Gasteiger partial charge in [-0.3, -0.25) is 0 Å². The molecule has 5 heteroatoms. The third-order valence-electron chi connectivity index (χ3n) is 1.76. The molecule has 15 heavy (non-hydrogen) atoms. The molecule has 0 atom stereocenters. The number of hydrogen-bond acceptors (Lipinski definition) is 3. The van der Waals surface area contributed by atoms with E-state index in [1.54, 1.807) is 31.4 Å². The number of rotatable bonds is 6. The molecule has 0 aliphatic rings. The largest absolute Gasteiger partial charge is 0.494 e. The number of methoxy groups -OCH3 is 1. The summed E-state index contributed by atoms with van der Waals surface area (Å²) in [4.78, 5) is 2.69. The maximum absolute atomic E-state index is 8.20. The molecule has 0 saturated heterocycles. The Morgan fingerprint density at radius 2 is 2.00 bits per heavy atom. The fourth-order valence-electron chi connectivity index (χ4n) is 1.05. The summed E-state index contributed by atoms with van der Waals surface area (Å²) in [5.41, 5.74) is 8.79. The molecule has 0 aromatic heterocycles. The minimum Gasteiger partial charge on any atom is -0.494 e. The lowest BCUT2D eigenvalue weighted by molar-refractivity contribution is 0.172. The highest BCUT2D eigenvalue weighted by Crippen LogP contribution is 2.18. The smallest absolute Gasteiger partial charge is 0.119 e. The van der Waals surface area contributed by atoms with E-state index in [0.29, 0.717) is 18.9 Å². The maximum atomic E-state index is 8.20. The van der Waals surface area contributed by atoms with Crippen LogP contribution in [0.5, 0.6) is 5.75 Å². The summed E-state index contributed by atoms with van der Waals surface area (Å²) in [6, 6.07) is 6.98. The van der Waals surface area contributed by atoms with Crippen molar-refractivity contribution in [1.29, 1.82) is 0 Å². The van der Waals surface area contributed by atoms with Crippen molar-refractivity contribution in [2.75, 3.05) is 20.3 Å². The molecule has 0 N–H and O–H groups in total. The van der Waals surface area contributed by atoms with Gasteiger partial charge in [-0.25, -0.2) is 0 Å². The summed E-state index contributed by atoms with van der Waals surface area (Å²) >= 11 is 0. The minimum atomic E-state index is 0.585. The zero-order chi connectivity index (χ0) is 10.9. The second-order valence-corrected chi connectivity index (χ2v) is 2.88. The predicted molar refractivity (Wildman–Crippen MR) is 57.2 cm³/mol. The summed E-state index contributed by atoms with van der Waals surface area (Å²) < 4.78 is 10.3. The molecule has 0 spiro atoms. The second kappa shape index (κ2) is 6.70. The van der Waals surface area contributed by atoms with E-state index in [2.05, 4.69) is 10.0 Å². The number of hydrogen-bond donors (Lipinski definition) is 0. The van der Waals surface area contributed by atoms with Gasteiger partial charge >= 0.3 is 0 Å². The number of ether oxygens (including phenoxy) is 2. The van der Waals surface area contributed by atoms with E-state index >= 15 is 0 Å². The first-order valence-electron chi connectivity index (χ1n) is 4.63. The van der Waals surface area contributed by atoms with Crippen molar-refractivity contribution in [2.24, 2.45) is 5.11 Å². The van der Waals surface area contributed by atoms with E-state index in [-0.39, 0.29) is 0 Å². The zero-order valence-electron chi connectivity index (χ0n) is 8.59. The Morgan fingerprint density at radius 3 is 2.60 bits per heavy atom. The molecule has 0 heterocycles. The van der Waals surface area contributed by atoms with Crippen LogP contribution in [0, 0.1) is 0 Å². The first-order chi connectivity index (χ1) is 7.36. The molecular formula is C10H13N3O2. The lowest BCUT2D eigenvalue weighted by Crippen LogP contribution is -2.00. The summed E-state index contributed by atoms with van der Waals surface area (Å²) in [6.07, 6.45) is 0.856. The van der Waals surface area contributed by atoms with Crippen LogP contribution in [0.25, 0.3) is 10.4 Å². The average Bonchev–Trinajstić information content (AvgIpc) is 2.27. The Bertz CT molecular complexity index is 331.